The molecule has 88 valence electrons. The van der Waals surface area contributed by atoms with Gasteiger partial charge in [0.1, 0.15) is 0 Å². The Kier molecular flexibility index (Phi) is 1.89. The molecule has 18 heavy (non-hydrogen) atoms. The van der Waals surface area contributed by atoms with E-state index in [1.807, 2.05) is 0 Å². The summed E-state index contributed by atoms with van der Waals surface area (Å²) >= 11 is 0. The second-order valence-corrected chi connectivity index (χ2v) is 5.34. The van der Waals surface area contributed by atoms with Gasteiger partial charge in [-0.3, -0.25) is 0 Å². The molecule has 3 aliphatic rings. The molecule has 0 amide bonds. The number of rotatable bonds is 1. The summed E-state index contributed by atoms with van der Waals surface area (Å²) in [6.45, 7) is 2.30. The van der Waals surface area contributed by atoms with Gasteiger partial charge in [0.15, 0.2) is 0 Å². The molecule has 0 spiro atoms. The van der Waals surface area contributed by atoms with Crippen molar-refractivity contribution in [3.05, 3.63) is 82.9 Å². The number of benzene rings is 2. The van der Waals surface area contributed by atoms with E-state index in [1.165, 1.54) is 22.3 Å². The summed E-state index contributed by atoms with van der Waals surface area (Å²) in [5, 5.41) is 0. The van der Waals surface area contributed by atoms with Gasteiger partial charge in [-0.1, -0.05) is 67.6 Å². The molecule has 0 aromatic heterocycles. The maximum atomic E-state index is 2.43. The largest absolute Gasteiger partial charge is 0.0754 e. The Balaban J connectivity index is 2.12. The van der Waals surface area contributed by atoms with Crippen LogP contribution in [0.5, 0.6) is 0 Å². The normalized spacial score (nSPS) is 26.8. The van der Waals surface area contributed by atoms with Gasteiger partial charge in [0, 0.05) is 11.3 Å². The lowest BCUT2D eigenvalue weighted by atomic mass is 9.58. The van der Waals surface area contributed by atoms with Crippen molar-refractivity contribution < 1.29 is 0 Å². The first kappa shape index (κ1) is 10.1. The molecule has 0 heterocycles. The third-order valence-electron chi connectivity index (χ3n) is 4.68. The van der Waals surface area contributed by atoms with E-state index < -0.39 is 0 Å². The van der Waals surface area contributed by atoms with Crippen LogP contribution in [0.3, 0.4) is 0 Å². The Morgan fingerprint density at radius 1 is 0.889 bits per heavy atom. The Morgan fingerprint density at radius 3 is 2.00 bits per heavy atom. The zero-order valence-electron chi connectivity index (χ0n) is 10.6. The first-order valence-electron chi connectivity index (χ1n) is 6.75. The zero-order chi connectivity index (χ0) is 12.2. The molecule has 2 aromatic carbocycles. The highest BCUT2D eigenvalue weighted by atomic mass is 14.5. The highest BCUT2D eigenvalue weighted by molar-refractivity contribution is 5.64. The average molecular weight is 232 g/mol. The van der Waals surface area contributed by atoms with E-state index in [9.17, 15) is 0 Å². The fourth-order valence-electron chi connectivity index (χ4n) is 3.81. The van der Waals surface area contributed by atoms with E-state index in [4.69, 9.17) is 0 Å². The van der Waals surface area contributed by atoms with Gasteiger partial charge >= 0.3 is 0 Å². The van der Waals surface area contributed by atoms with E-state index in [1.54, 1.807) is 0 Å². The standard InChI is InChI=1S/C18H16/c1-2-18-12-11-13(14-7-3-5-9-16(14)18)15-8-4-6-10-17(15)18/h3-13H,2H2,1H3. The molecule has 0 radical (unpaired) electrons. The smallest absolute Gasteiger partial charge is 0.0385 e. The minimum absolute atomic E-state index is 0.113. The first-order chi connectivity index (χ1) is 8.87. The van der Waals surface area contributed by atoms with Gasteiger partial charge < -0.3 is 0 Å². The second-order valence-electron chi connectivity index (χ2n) is 5.34. The van der Waals surface area contributed by atoms with Crippen molar-refractivity contribution in [2.24, 2.45) is 0 Å². The molecule has 0 saturated heterocycles. The SMILES string of the molecule is CCC12C=CC(c3ccccc31)c1ccccc12. The summed E-state index contributed by atoms with van der Waals surface area (Å²) in [5.74, 6) is 0.464. The minimum Gasteiger partial charge on any atom is -0.0754 e. The van der Waals surface area contributed by atoms with Crippen molar-refractivity contribution in [1.82, 2.24) is 0 Å². The van der Waals surface area contributed by atoms with Crippen LogP contribution in [0.15, 0.2) is 60.7 Å². The third-order valence-corrected chi connectivity index (χ3v) is 4.68. The maximum Gasteiger partial charge on any atom is 0.0385 e. The molecule has 2 aromatic rings. The summed E-state index contributed by atoms with van der Waals surface area (Å²) < 4.78 is 0. The summed E-state index contributed by atoms with van der Waals surface area (Å²) in [6, 6.07) is 17.9. The van der Waals surface area contributed by atoms with Gasteiger partial charge in [0.2, 0.25) is 0 Å². The predicted octanol–water partition coefficient (Wildman–Crippen LogP) is 4.40. The number of hydrogen-bond acceptors (Lipinski definition) is 0. The second kappa shape index (κ2) is 3.35. The fourth-order valence-corrected chi connectivity index (χ4v) is 3.81. The molecule has 3 aliphatic carbocycles. The molecular weight excluding hydrogens is 216 g/mol. The van der Waals surface area contributed by atoms with Crippen molar-refractivity contribution in [3.63, 3.8) is 0 Å². The monoisotopic (exact) mass is 232 g/mol. The summed E-state index contributed by atoms with van der Waals surface area (Å²) in [7, 11) is 0. The zero-order valence-corrected chi connectivity index (χ0v) is 10.6. The number of allylic oxidation sites excluding steroid dienone is 2. The van der Waals surface area contributed by atoms with Crippen LogP contribution < -0.4 is 0 Å². The number of hydrogen-bond donors (Lipinski definition) is 0. The molecule has 0 unspecified atom stereocenters. The van der Waals surface area contributed by atoms with Crippen molar-refractivity contribution in [2.75, 3.05) is 0 Å². The Hall–Kier alpha value is -1.82. The van der Waals surface area contributed by atoms with Gasteiger partial charge in [0.05, 0.1) is 0 Å². The third kappa shape index (κ3) is 1.02. The molecular formula is C18H16. The van der Waals surface area contributed by atoms with Crippen LogP contribution >= 0.6 is 0 Å². The van der Waals surface area contributed by atoms with Crippen molar-refractivity contribution in [2.45, 2.75) is 24.7 Å². The fraction of sp³-hybridized carbons (Fsp3) is 0.222. The van der Waals surface area contributed by atoms with Crippen molar-refractivity contribution >= 4 is 0 Å². The molecule has 2 bridgehead atoms. The molecule has 0 N–H and O–H groups in total. The van der Waals surface area contributed by atoms with E-state index in [0.717, 1.165) is 6.42 Å². The van der Waals surface area contributed by atoms with Gasteiger partial charge in [0.25, 0.3) is 0 Å². The molecule has 0 heteroatoms. The van der Waals surface area contributed by atoms with E-state index in [0.29, 0.717) is 5.92 Å². The topological polar surface area (TPSA) is 0 Å². The summed E-state index contributed by atoms with van der Waals surface area (Å²) in [4.78, 5) is 0. The lowest BCUT2D eigenvalue weighted by molar-refractivity contribution is 0.561. The minimum atomic E-state index is 0.113. The predicted molar refractivity (Wildman–Crippen MR) is 74.9 cm³/mol. The van der Waals surface area contributed by atoms with Crippen LogP contribution in [0.2, 0.25) is 0 Å². The Bertz CT molecular complexity index is 601. The van der Waals surface area contributed by atoms with Crippen LogP contribution in [-0.2, 0) is 5.41 Å². The highest BCUT2D eigenvalue weighted by Gasteiger charge is 2.43. The molecule has 0 atom stereocenters. The highest BCUT2D eigenvalue weighted by Crippen LogP contribution is 2.53. The molecule has 5 rings (SSSR count). The Morgan fingerprint density at radius 2 is 1.44 bits per heavy atom. The van der Waals surface area contributed by atoms with Crippen LogP contribution in [0.25, 0.3) is 0 Å². The van der Waals surface area contributed by atoms with Gasteiger partial charge in [-0.15, -0.1) is 0 Å². The van der Waals surface area contributed by atoms with Gasteiger partial charge in [-0.05, 0) is 28.7 Å². The van der Waals surface area contributed by atoms with Crippen LogP contribution in [0, 0.1) is 0 Å². The quantitative estimate of drug-likeness (QED) is 0.639. The van der Waals surface area contributed by atoms with E-state index in [2.05, 4.69) is 67.6 Å². The van der Waals surface area contributed by atoms with Crippen LogP contribution in [0.1, 0.15) is 41.5 Å². The summed E-state index contributed by atoms with van der Waals surface area (Å²) in [6.07, 6.45) is 5.96. The van der Waals surface area contributed by atoms with Gasteiger partial charge in [-0.2, -0.15) is 0 Å². The summed E-state index contributed by atoms with van der Waals surface area (Å²) in [5.41, 5.74) is 6.14. The first-order valence-corrected chi connectivity index (χ1v) is 6.75. The molecule has 0 aliphatic heterocycles. The lowest BCUT2D eigenvalue weighted by Crippen LogP contribution is -2.35. The van der Waals surface area contributed by atoms with E-state index >= 15 is 0 Å². The Labute approximate surface area is 108 Å². The lowest BCUT2D eigenvalue weighted by Gasteiger charge is -2.45. The van der Waals surface area contributed by atoms with Crippen molar-refractivity contribution in [3.8, 4) is 0 Å². The molecule has 0 nitrogen and oxygen atoms in total. The molecule has 0 saturated carbocycles. The molecule has 0 fully saturated rings. The van der Waals surface area contributed by atoms with Crippen LogP contribution in [-0.4, -0.2) is 0 Å². The van der Waals surface area contributed by atoms with Gasteiger partial charge in [-0.25, -0.2) is 0 Å². The maximum absolute atomic E-state index is 2.43. The van der Waals surface area contributed by atoms with E-state index in [-0.39, 0.29) is 5.41 Å². The average Bonchev–Trinajstić information content (AvgIpc) is 2.48. The van der Waals surface area contributed by atoms with Crippen LogP contribution in [0.4, 0.5) is 0 Å². The van der Waals surface area contributed by atoms with Crippen molar-refractivity contribution in [1.29, 1.82) is 0 Å².